The average molecular weight is 234 g/mol. The van der Waals surface area contributed by atoms with Crippen molar-refractivity contribution < 1.29 is 4.79 Å². The first kappa shape index (κ1) is 10.6. The van der Waals surface area contributed by atoms with Crippen LogP contribution in [0.1, 0.15) is 5.56 Å². The fourth-order valence-corrected chi connectivity index (χ4v) is 1.55. The largest absolute Gasteiger partial charge is 0.267 e. The van der Waals surface area contributed by atoms with E-state index in [1.807, 2.05) is 12.1 Å². The van der Waals surface area contributed by atoms with Crippen LogP contribution >= 0.6 is 11.6 Å². The highest BCUT2D eigenvalue weighted by molar-refractivity contribution is 6.30. The van der Waals surface area contributed by atoms with Crippen molar-refractivity contribution in [3.05, 3.63) is 47.2 Å². The van der Waals surface area contributed by atoms with Crippen molar-refractivity contribution in [2.75, 3.05) is 0 Å². The number of benzene rings is 1. The van der Waals surface area contributed by atoms with Crippen LogP contribution in [0, 0.1) is 0 Å². The topological polar surface area (TPSA) is 47.2 Å². The van der Waals surface area contributed by atoms with E-state index in [-0.39, 0.29) is 0 Å². The molecular formula is C11H8ClN3O. The summed E-state index contributed by atoms with van der Waals surface area (Å²) in [5, 5.41) is 4.66. The van der Waals surface area contributed by atoms with E-state index in [0.717, 1.165) is 5.56 Å². The van der Waals surface area contributed by atoms with E-state index >= 15 is 0 Å². The van der Waals surface area contributed by atoms with Gasteiger partial charge in [-0.3, -0.25) is 4.68 Å². The summed E-state index contributed by atoms with van der Waals surface area (Å²) in [5.41, 5.74) is 1.59. The fraction of sp³-hybridized carbons (Fsp3) is 0.0909. The van der Waals surface area contributed by atoms with Gasteiger partial charge in [-0.2, -0.15) is 10.1 Å². The second-order valence-corrected chi connectivity index (χ2v) is 3.67. The summed E-state index contributed by atoms with van der Waals surface area (Å²) in [7, 11) is 0. The molecule has 0 bridgehead atoms. The highest BCUT2D eigenvalue weighted by Crippen LogP contribution is 2.14. The lowest BCUT2D eigenvalue weighted by atomic mass is 10.2. The van der Waals surface area contributed by atoms with Gasteiger partial charge >= 0.3 is 0 Å². The van der Waals surface area contributed by atoms with Gasteiger partial charge in [0, 0.05) is 6.20 Å². The summed E-state index contributed by atoms with van der Waals surface area (Å²) < 4.78 is 1.71. The van der Waals surface area contributed by atoms with E-state index in [1.54, 1.807) is 29.2 Å². The Hall–Kier alpha value is -1.90. The van der Waals surface area contributed by atoms with Crippen LogP contribution in [-0.4, -0.2) is 15.9 Å². The van der Waals surface area contributed by atoms with Crippen molar-refractivity contribution >= 4 is 23.4 Å². The van der Waals surface area contributed by atoms with E-state index in [0.29, 0.717) is 17.3 Å². The number of aromatic nitrogens is 2. The second-order valence-electron chi connectivity index (χ2n) is 3.23. The smallest absolute Gasteiger partial charge is 0.240 e. The molecular weight excluding hydrogens is 226 g/mol. The average Bonchev–Trinajstić information content (AvgIpc) is 2.65. The molecule has 1 aromatic heterocycles. The van der Waals surface area contributed by atoms with E-state index in [1.165, 1.54) is 6.08 Å². The molecule has 0 saturated heterocycles. The molecule has 0 aliphatic heterocycles. The number of isocyanates is 1. The van der Waals surface area contributed by atoms with Gasteiger partial charge in [0.15, 0.2) is 0 Å². The van der Waals surface area contributed by atoms with Crippen molar-refractivity contribution in [1.82, 2.24) is 9.78 Å². The minimum atomic E-state index is 0.589. The molecule has 0 unspecified atom stereocenters. The number of hydrogen-bond donors (Lipinski definition) is 0. The lowest BCUT2D eigenvalue weighted by molar-refractivity contribution is 0.565. The molecule has 5 heteroatoms. The number of rotatable bonds is 3. The number of nitrogens with zero attached hydrogens (tertiary/aromatic N) is 3. The number of hydrogen-bond acceptors (Lipinski definition) is 3. The van der Waals surface area contributed by atoms with E-state index in [2.05, 4.69) is 10.1 Å². The maximum absolute atomic E-state index is 10.1. The van der Waals surface area contributed by atoms with Crippen LogP contribution in [0.25, 0.3) is 0 Å². The van der Waals surface area contributed by atoms with Gasteiger partial charge in [0.2, 0.25) is 6.08 Å². The van der Waals surface area contributed by atoms with Gasteiger partial charge in [-0.15, -0.1) is 0 Å². The van der Waals surface area contributed by atoms with Gasteiger partial charge in [-0.25, -0.2) is 4.79 Å². The second kappa shape index (κ2) is 4.75. The normalized spacial score (nSPS) is 9.81. The Morgan fingerprint density at radius 2 is 2.38 bits per heavy atom. The highest BCUT2D eigenvalue weighted by atomic mass is 35.5. The van der Waals surface area contributed by atoms with Crippen molar-refractivity contribution in [3.8, 4) is 0 Å². The van der Waals surface area contributed by atoms with Crippen molar-refractivity contribution in [2.45, 2.75) is 6.54 Å². The van der Waals surface area contributed by atoms with E-state index in [9.17, 15) is 4.79 Å². The number of carbonyl (C=O) groups excluding carboxylic acids is 1. The highest BCUT2D eigenvalue weighted by Gasteiger charge is 1.98. The van der Waals surface area contributed by atoms with E-state index in [4.69, 9.17) is 11.6 Å². The molecule has 0 atom stereocenters. The summed E-state index contributed by atoms with van der Waals surface area (Å²) in [6, 6.07) is 7.31. The van der Waals surface area contributed by atoms with Crippen LogP contribution in [0.2, 0.25) is 5.02 Å². The molecule has 1 aromatic carbocycles. The predicted octanol–water partition coefficient (Wildman–Crippen LogP) is 2.55. The summed E-state index contributed by atoms with van der Waals surface area (Å²) >= 11 is 5.75. The first-order chi connectivity index (χ1) is 7.78. The molecule has 4 nitrogen and oxygen atoms in total. The molecule has 0 amide bonds. The van der Waals surface area contributed by atoms with Crippen molar-refractivity contribution in [3.63, 3.8) is 0 Å². The first-order valence-electron chi connectivity index (χ1n) is 4.63. The maximum Gasteiger partial charge on any atom is 0.240 e. The third kappa shape index (κ3) is 2.57. The standard InChI is InChI=1S/C11H8ClN3O/c12-10-5-14-15(7-10)6-9-2-1-3-11(4-9)13-8-16/h1-5,7H,6H2. The van der Waals surface area contributed by atoms with Gasteiger partial charge in [0.1, 0.15) is 0 Å². The lowest BCUT2D eigenvalue weighted by Crippen LogP contribution is -1.99. The van der Waals surface area contributed by atoms with Gasteiger partial charge in [-0.1, -0.05) is 23.7 Å². The number of aliphatic imine (C=N–C) groups is 1. The molecule has 0 radical (unpaired) electrons. The molecule has 0 fully saturated rings. The van der Waals surface area contributed by atoms with Crippen LogP contribution in [0.3, 0.4) is 0 Å². The Balaban J connectivity index is 2.21. The molecule has 2 aromatic rings. The lowest BCUT2D eigenvalue weighted by Gasteiger charge is -2.01. The Bertz CT molecular complexity index is 544. The fourth-order valence-electron chi connectivity index (χ4n) is 1.39. The summed E-state index contributed by atoms with van der Waals surface area (Å²) in [6.45, 7) is 0.592. The Morgan fingerprint density at radius 3 is 3.06 bits per heavy atom. The van der Waals surface area contributed by atoms with Crippen LogP contribution in [0.15, 0.2) is 41.7 Å². The van der Waals surface area contributed by atoms with Crippen LogP contribution in [-0.2, 0) is 11.3 Å². The van der Waals surface area contributed by atoms with Gasteiger partial charge in [0.25, 0.3) is 0 Å². The summed E-state index contributed by atoms with van der Waals surface area (Å²) in [5.74, 6) is 0. The van der Waals surface area contributed by atoms with Crippen molar-refractivity contribution in [2.24, 2.45) is 4.99 Å². The predicted molar refractivity (Wildman–Crippen MR) is 60.6 cm³/mol. The van der Waals surface area contributed by atoms with Crippen LogP contribution in [0.5, 0.6) is 0 Å². The summed E-state index contributed by atoms with van der Waals surface area (Å²) in [4.78, 5) is 13.7. The van der Waals surface area contributed by atoms with Crippen LogP contribution in [0.4, 0.5) is 5.69 Å². The van der Waals surface area contributed by atoms with Gasteiger partial charge in [-0.05, 0) is 17.7 Å². The van der Waals surface area contributed by atoms with Crippen molar-refractivity contribution in [1.29, 1.82) is 0 Å². The van der Waals surface area contributed by atoms with Gasteiger partial charge < -0.3 is 0 Å². The zero-order chi connectivity index (χ0) is 11.4. The number of halogens is 1. The zero-order valence-electron chi connectivity index (χ0n) is 8.30. The minimum absolute atomic E-state index is 0.589. The molecule has 2 rings (SSSR count). The zero-order valence-corrected chi connectivity index (χ0v) is 9.05. The minimum Gasteiger partial charge on any atom is -0.267 e. The molecule has 80 valence electrons. The molecule has 0 saturated carbocycles. The maximum atomic E-state index is 10.1. The Morgan fingerprint density at radius 1 is 1.50 bits per heavy atom. The van der Waals surface area contributed by atoms with Gasteiger partial charge in [0.05, 0.1) is 23.5 Å². The molecule has 16 heavy (non-hydrogen) atoms. The summed E-state index contributed by atoms with van der Waals surface area (Å²) in [6.07, 6.45) is 4.82. The molecule has 1 heterocycles. The molecule has 0 N–H and O–H groups in total. The van der Waals surface area contributed by atoms with E-state index < -0.39 is 0 Å². The molecule has 0 spiro atoms. The Labute approximate surface area is 97.2 Å². The van der Waals surface area contributed by atoms with Crippen LogP contribution < -0.4 is 0 Å². The molecule has 0 aliphatic carbocycles. The third-order valence-electron chi connectivity index (χ3n) is 2.03. The monoisotopic (exact) mass is 233 g/mol. The Kier molecular flexibility index (Phi) is 3.15. The SMILES string of the molecule is O=C=Nc1cccc(Cn2cc(Cl)cn2)c1. The molecule has 0 aliphatic rings. The first-order valence-corrected chi connectivity index (χ1v) is 5.00. The quantitative estimate of drug-likeness (QED) is 0.604. The third-order valence-corrected chi connectivity index (χ3v) is 2.23.